The van der Waals surface area contributed by atoms with Crippen molar-refractivity contribution in [3.8, 4) is 0 Å². The molecule has 4 nitrogen and oxygen atoms in total. The number of rotatable bonds is 4. The van der Waals surface area contributed by atoms with Gasteiger partial charge in [-0.05, 0) is 26.0 Å². The number of thiophene rings is 4. The van der Waals surface area contributed by atoms with Crippen LogP contribution in [0.25, 0.3) is 18.8 Å². The highest BCUT2D eigenvalue weighted by Crippen LogP contribution is 2.46. The van der Waals surface area contributed by atoms with E-state index < -0.39 is 11.9 Å². The molecule has 0 aliphatic carbocycles. The lowest BCUT2D eigenvalue weighted by Gasteiger charge is -1.99. The van der Waals surface area contributed by atoms with Crippen LogP contribution in [0.4, 0.5) is 0 Å². The van der Waals surface area contributed by atoms with Crippen LogP contribution in [0.2, 0.25) is 17.3 Å². The molecule has 160 valence electrons. The Bertz CT molecular complexity index is 1100. The molecule has 0 atom stereocenters. The van der Waals surface area contributed by atoms with Crippen molar-refractivity contribution in [2.24, 2.45) is 0 Å². The third-order valence-corrected chi connectivity index (χ3v) is 9.06. The van der Waals surface area contributed by atoms with E-state index in [2.05, 4.69) is 0 Å². The van der Waals surface area contributed by atoms with Crippen molar-refractivity contribution in [1.82, 2.24) is 0 Å². The Balaban J connectivity index is 0.000000212. The van der Waals surface area contributed by atoms with E-state index in [4.69, 9.17) is 55.9 Å². The first-order valence-corrected chi connectivity index (χ1v) is 13.1. The highest BCUT2D eigenvalue weighted by atomic mass is 35.5. The van der Waals surface area contributed by atoms with Crippen molar-refractivity contribution in [3.05, 3.63) is 40.6 Å². The molecule has 0 saturated heterocycles. The Kier molecular flexibility index (Phi) is 8.31. The molecular weight excluding hydrogens is 550 g/mol. The Morgan fingerprint density at radius 2 is 1.10 bits per heavy atom. The van der Waals surface area contributed by atoms with Crippen LogP contribution in [-0.4, -0.2) is 25.2 Å². The van der Waals surface area contributed by atoms with Gasteiger partial charge < -0.3 is 9.47 Å². The van der Waals surface area contributed by atoms with Gasteiger partial charge in [-0.3, -0.25) is 0 Å². The van der Waals surface area contributed by atoms with Crippen LogP contribution >= 0.6 is 91.8 Å². The smallest absolute Gasteiger partial charge is 0.342 e. The van der Waals surface area contributed by atoms with Gasteiger partial charge in [0.15, 0.2) is 0 Å². The molecule has 12 heteroatoms. The largest absolute Gasteiger partial charge is 0.462 e. The van der Waals surface area contributed by atoms with E-state index in [-0.39, 0.29) is 33.0 Å². The Labute approximate surface area is 207 Å². The average molecular weight is 562 g/mol. The van der Waals surface area contributed by atoms with E-state index in [1.807, 2.05) is 12.1 Å². The van der Waals surface area contributed by atoms with Crippen LogP contribution in [0.5, 0.6) is 0 Å². The number of halogens is 4. The van der Waals surface area contributed by atoms with Crippen molar-refractivity contribution in [1.29, 1.82) is 0 Å². The summed E-state index contributed by atoms with van der Waals surface area (Å²) in [5.41, 5.74) is 0.520. The molecular formula is C18H12Cl4O4S4. The lowest BCUT2D eigenvalue weighted by molar-refractivity contribution is 0.0519. The van der Waals surface area contributed by atoms with E-state index >= 15 is 0 Å². The number of esters is 2. The lowest BCUT2D eigenvalue weighted by Crippen LogP contribution is -2.04. The first-order chi connectivity index (χ1) is 14.3. The molecule has 0 amide bonds. The maximum atomic E-state index is 11.9. The highest BCUT2D eigenvalue weighted by molar-refractivity contribution is 7.32. The molecule has 0 fully saturated rings. The number of fused-ring (bicyclic) bond motifs is 2. The molecule has 0 N–H and O–H groups in total. The van der Waals surface area contributed by atoms with E-state index in [0.717, 1.165) is 31.3 Å². The molecule has 4 aromatic rings. The second kappa shape index (κ2) is 10.4. The molecule has 4 heterocycles. The summed E-state index contributed by atoms with van der Waals surface area (Å²) in [5, 5.41) is 0. The maximum Gasteiger partial charge on any atom is 0.342 e. The molecule has 0 aliphatic rings. The minimum absolute atomic E-state index is 0.246. The summed E-state index contributed by atoms with van der Waals surface area (Å²) in [4.78, 5) is 23.8. The Morgan fingerprint density at radius 1 is 0.733 bits per heavy atom. The summed E-state index contributed by atoms with van der Waals surface area (Å²) >= 11 is 29.0. The van der Waals surface area contributed by atoms with Crippen LogP contribution in [0.3, 0.4) is 0 Å². The van der Waals surface area contributed by atoms with Gasteiger partial charge in [-0.15, -0.1) is 45.3 Å². The number of carbonyl (C=O) groups is 2. The zero-order valence-electron chi connectivity index (χ0n) is 15.3. The normalized spacial score (nSPS) is 10.9. The minimum atomic E-state index is -0.517. The van der Waals surface area contributed by atoms with Gasteiger partial charge in [0.05, 0.1) is 31.3 Å². The van der Waals surface area contributed by atoms with E-state index in [0.29, 0.717) is 9.40 Å². The molecule has 4 rings (SSSR count). The van der Waals surface area contributed by atoms with Crippen LogP contribution in [0, 0.1) is 0 Å². The van der Waals surface area contributed by atoms with Gasteiger partial charge >= 0.3 is 11.9 Å². The zero-order valence-corrected chi connectivity index (χ0v) is 21.6. The van der Waals surface area contributed by atoms with E-state index in [1.165, 1.54) is 9.40 Å². The van der Waals surface area contributed by atoms with Gasteiger partial charge in [0.2, 0.25) is 0 Å². The quantitative estimate of drug-likeness (QED) is 0.233. The number of hydrogen-bond acceptors (Lipinski definition) is 8. The predicted octanol–water partition coefficient (Wildman–Crippen LogP) is 8.89. The summed E-state index contributed by atoms with van der Waals surface area (Å²) < 4.78 is 15.6. The molecule has 0 aromatic carbocycles. The fourth-order valence-electron chi connectivity index (χ4n) is 2.41. The summed E-state index contributed by atoms with van der Waals surface area (Å²) in [5.74, 6) is -1.03. The number of ether oxygens (including phenoxy) is 2. The molecule has 0 bridgehead atoms. The van der Waals surface area contributed by atoms with Gasteiger partial charge in [0, 0.05) is 9.40 Å². The average Bonchev–Trinajstić information content (AvgIpc) is 3.33. The summed E-state index contributed by atoms with van der Waals surface area (Å²) in [6, 6.07) is 3.89. The van der Waals surface area contributed by atoms with Gasteiger partial charge in [-0.2, -0.15) is 0 Å². The van der Waals surface area contributed by atoms with Crippen LogP contribution < -0.4 is 0 Å². The van der Waals surface area contributed by atoms with E-state index in [1.54, 1.807) is 36.5 Å². The standard InChI is InChI=1S/C12H10Cl2O4S2.C6H2Cl2S2/c1-3-17-11(15)5-7-8(20-9(5)13)6(10(14)19-7)12(16)18-4-2;7-5-1-3-4(10-5)2-6(8)9-3/h3-4H2,1-2H3;1-2H. The monoisotopic (exact) mass is 560 g/mol. The summed E-state index contributed by atoms with van der Waals surface area (Å²) in [6.07, 6.45) is 0. The first kappa shape index (κ1) is 24.1. The third-order valence-electron chi connectivity index (χ3n) is 3.54. The lowest BCUT2D eigenvalue weighted by atomic mass is 10.2. The highest BCUT2D eigenvalue weighted by Gasteiger charge is 2.28. The van der Waals surface area contributed by atoms with Crippen LogP contribution in [0.1, 0.15) is 34.6 Å². The fourth-order valence-corrected chi connectivity index (χ4v) is 8.30. The second-order valence-corrected chi connectivity index (χ2v) is 12.1. The van der Waals surface area contributed by atoms with Gasteiger partial charge in [0.1, 0.15) is 19.8 Å². The molecule has 0 unspecified atom stereocenters. The van der Waals surface area contributed by atoms with Crippen LogP contribution in [0.15, 0.2) is 12.1 Å². The molecule has 30 heavy (non-hydrogen) atoms. The van der Waals surface area contributed by atoms with Crippen molar-refractivity contribution >= 4 is 122 Å². The number of carbonyl (C=O) groups excluding carboxylic acids is 2. The minimum Gasteiger partial charge on any atom is -0.462 e. The molecule has 4 aromatic heterocycles. The predicted molar refractivity (Wildman–Crippen MR) is 131 cm³/mol. The fraction of sp³-hybridized carbons (Fsp3) is 0.222. The molecule has 0 radical (unpaired) electrons. The summed E-state index contributed by atoms with van der Waals surface area (Å²) in [7, 11) is 0. The molecule has 0 saturated carbocycles. The Hall–Kier alpha value is -0.580. The SMILES string of the molecule is CCOC(=O)c1c(Cl)sc2c(C(=O)OCC)c(Cl)sc12.Clc1cc2sc(Cl)cc2s1. The molecule has 0 aliphatic heterocycles. The van der Waals surface area contributed by atoms with E-state index in [9.17, 15) is 9.59 Å². The van der Waals surface area contributed by atoms with Crippen LogP contribution in [-0.2, 0) is 9.47 Å². The van der Waals surface area contributed by atoms with Crippen molar-refractivity contribution in [3.63, 3.8) is 0 Å². The zero-order chi connectivity index (χ0) is 22.0. The van der Waals surface area contributed by atoms with Gasteiger partial charge in [-0.1, -0.05) is 46.4 Å². The third kappa shape index (κ3) is 5.07. The first-order valence-electron chi connectivity index (χ1n) is 8.35. The van der Waals surface area contributed by atoms with Crippen molar-refractivity contribution in [2.45, 2.75) is 13.8 Å². The topological polar surface area (TPSA) is 52.6 Å². The summed E-state index contributed by atoms with van der Waals surface area (Å²) in [6.45, 7) is 3.91. The van der Waals surface area contributed by atoms with Gasteiger partial charge in [0.25, 0.3) is 0 Å². The Morgan fingerprint density at radius 3 is 1.43 bits per heavy atom. The maximum absolute atomic E-state index is 11.9. The van der Waals surface area contributed by atoms with Gasteiger partial charge in [-0.25, -0.2) is 9.59 Å². The second-order valence-electron chi connectivity index (χ2n) is 5.43. The molecule has 0 spiro atoms. The number of hydrogen-bond donors (Lipinski definition) is 0. The van der Waals surface area contributed by atoms with Crippen molar-refractivity contribution < 1.29 is 19.1 Å². The van der Waals surface area contributed by atoms with Crippen molar-refractivity contribution in [2.75, 3.05) is 13.2 Å².